The highest BCUT2D eigenvalue weighted by Crippen LogP contribution is 2.31. The van der Waals surface area contributed by atoms with Gasteiger partial charge in [-0.25, -0.2) is 0 Å². The van der Waals surface area contributed by atoms with Crippen LogP contribution in [0.4, 0.5) is 5.69 Å². The Bertz CT molecular complexity index is 519. The highest BCUT2D eigenvalue weighted by atomic mass is 35.5. The first-order valence-electron chi connectivity index (χ1n) is 4.38. The van der Waals surface area contributed by atoms with Gasteiger partial charge in [0.15, 0.2) is 16.1 Å². The van der Waals surface area contributed by atoms with Crippen LogP contribution in [0, 0.1) is 0 Å². The molecule has 0 amide bonds. The largest absolute Gasteiger partial charge is 0.452 e. The molecule has 16 heavy (non-hydrogen) atoms. The lowest BCUT2D eigenvalue weighted by Gasteiger charge is -2.08. The molecule has 6 heteroatoms. The second-order valence-electron chi connectivity index (χ2n) is 2.96. The average molecular weight is 256 g/mol. The highest BCUT2D eigenvalue weighted by Gasteiger charge is 2.08. The van der Waals surface area contributed by atoms with Crippen molar-refractivity contribution in [3.63, 3.8) is 0 Å². The van der Waals surface area contributed by atoms with E-state index in [2.05, 4.69) is 10.2 Å². The van der Waals surface area contributed by atoms with E-state index in [-0.39, 0.29) is 10.3 Å². The van der Waals surface area contributed by atoms with E-state index in [9.17, 15) is 0 Å². The van der Waals surface area contributed by atoms with Gasteiger partial charge in [-0.1, -0.05) is 35.3 Å². The lowest BCUT2D eigenvalue weighted by Crippen LogP contribution is -1.94. The van der Waals surface area contributed by atoms with Crippen molar-refractivity contribution >= 4 is 28.9 Å². The Balaban J connectivity index is 2.34. The van der Waals surface area contributed by atoms with Gasteiger partial charge in [-0.05, 0) is 12.1 Å². The maximum atomic E-state index is 5.80. The summed E-state index contributed by atoms with van der Waals surface area (Å²) < 4.78 is 5.48. The fourth-order valence-electron chi connectivity index (χ4n) is 1.10. The van der Waals surface area contributed by atoms with Crippen molar-refractivity contribution in [2.24, 2.45) is 0 Å². The summed E-state index contributed by atoms with van der Waals surface area (Å²) in [6.45, 7) is 0. The number of para-hydroxylation sites is 2. The van der Waals surface area contributed by atoms with Crippen LogP contribution in [0.2, 0.25) is 10.3 Å². The molecule has 0 aliphatic heterocycles. The predicted octanol–water partition coefficient (Wildman–Crippen LogP) is 3.16. The molecule has 1 heterocycles. The van der Waals surface area contributed by atoms with Crippen LogP contribution in [0.3, 0.4) is 0 Å². The molecule has 2 N–H and O–H groups in total. The zero-order valence-electron chi connectivity index (χ0n) is 8.02. The quantitative estimate of drug-likeness (QED) is 0.838. The number of nitrogens with two attached hydrogens (primary N) is 1. The number of aromatic nitrogens is 2. The molecular weight excluding hydrogens is 249 g/mol. The monoisotopic (exact) mass is 255 g/mol. The molecule has 0 radical (unpaired) electrons. The van der Waals surface area contributed by atoms with E-state index in [1.165, 1.54) is 6.07 Å². The van der Waals surface area contributed by atoms with Crippen LogP contribution in [0.5, 0.6) is 11.5 Å². The second-order valence-corrected chi connectivity index (χ2v) is 3.71. The molecule has 0 saturated carbocycles. The van der Waals surface area contributed by atoms with Crippen molar-refractivity contribution in [3.8, 4) is 11.5 Å². The van der Waals surface area contributed by atoms with E-state index in [0.717, 1.165) is 0 Å². The molecule has 0 bridgehead atoms. The van der Waals surface area contributed by atoms with Crippen molar-refractivity contribution in [2.75, 3.05) is 5.73 Å². The molecule has 4 nitrogen and oxygen atoms in total. The van der Waals surface area contributed by atoms with Gasteiger partial charge in [0.2, 0.25) is 0 Å². The van der Waals surface area contributed by atoms with Gasteiger partial charge in [0.25, 0.3) is 0 Å². The van der Waals surface area contributed by atoms with Gasteiger partial charge in [-0.2, -0.15) is 0 Å². The van der Waals surface area contributed by atoms with E-state index in [0.29, 0.717) is 17.2 Å². The fraction of sp³-hybridized carbons (Fsp3) is 0. The lowest BCUT2D eigenvalue weighted by molar-refractivity contribution is 0.481. The summed E-state index contributed by atoms with van der Waals surface area (Å²) in [4.78, 5) is 0. The minimum Gasteiger partial charge on any atom is -0.452 e. The zero-order chi connectivity index (χ0) is 11.5. The summed E-state index contributed by atoms with van der Waals surface area (Å²) in [5.74, 6) is 0.813. The number of hydrogen-bond acceptors (Lipinski definition) is 4. The summed E-state index contributed by atoms with van der Waals surface area (Å²) >= 11 is 11.5. The van der Waals surface area contributed by atoms with Gasteiger partial charge in [-0.15, -0.1) is 10.2 Å². The third kappa shape index (κ3) is 2.35. The van der Waals surface area contributed by atoms with E-state index in [1.54, 1.807) is 18.2 Å². The van der Waals surface area contributed by atoms with Gasteiger partial charge in [-0.3, -0.25) is 0 Å². The van der Waals surface area contributed by atoms with Crippen molar-refractivity contribution in [1.29, 1.82) is 0 Å². The van der Waals surface area contributed by atoms with Crippen molar-refractivity contribution in [3.05, 3.63) is 40.6 Å². The topological polar surface area (TPSA) is 61.0 Å². The van der Waals surface area contributed by atoms with E-state index in [4.69, 9.17) is 33.7 Å². The summed E-state index contributed by atoms with van der Waals surface area (Å²) in [6, 6.07) is 8.53. The summed E-state index contributed by atoms with van der Waals surface area (Å²) in [6.07, 6.45) is 0. The number of benzene rings is 1. The number of nitrogens with zero attached hydrogens (tertiary/aromatic N) is 2. The first-order valence-corrected chi connectivity index (χ1v) is 5.13. The molecule has 82 valence electrons. The number of hydrogen-bond donors (Lipinski definition) is 1. The van der Waals surface area contributed by atoms with Crippen LogP contribution >= 0.6 is 23.2 Å². The lowest BCUT2D eigenvalue weighted by atomic mass is 10.3. The van der Waals surface area contributed by atoms with Crippen molar-refractivity contribution in [1.82, 2.24) is 10.2 Å². The number of halogens is 2. The molecule has 0 fully saturated rings. The smallest absolute Gasteiger partial charge is 0.194 e. The number of rotatable bonds is 2. The Labute approximate surface area is 102 Å². The van der Waals surface area contributed by atoms with E-state index < -0.39 is 0 Å². The molecular formula is C10H7Cl2N3O. The first kappa shape index (κ1) is 11.0. The highest BCUT2D eigenvalue weighted by molar-refractivity contribution is 6.32. The summed E-state index contributed by atoms with van der Waals surface area (Å²) in [5, 5.41) is 7.53. The van der Waals surface area contributed by atoms with Crippen molar-refractivity contribution in [2.45, 2.75) is 0 Å². The van der Waals surface area contributed by atoms with Gasteiger partial charge in [0.1, 0.15) is 5.75 Å². The summed E-state index contributed by atoms with van der Waals surface area (Å²) in [7, 11) is 0. The predicted molar refractivity (Wildman–Crippen MR) is 63.0 cm³/mol. The molecule has 0 aliphatic rings. The molecule has 0 spiro atoms. The standard InChI is InChI=1S/C10H7Cl2N3O/c11-9-5-8(10(12)15-14-9)16-7-4-2-1-3-6(7)13/h1-5H,13H2. The molecule has 0 saturated heterocycles. The van der Waals surface area contributed by atoms with Crippen LogP contribution in [-0.2, 0) is 0 Å². The first-order chi connectivity index (χ1) is 7.66. The van der Waals surface area contributed by atoms with Crippen LogP contribution in [0.15, 0.2) is 30.3 Å². The van der Waals surface area contributed by atoms with Gasteiger partial charge in [0.05, 0.1) is 5.69 Å². The van der Waals surface area contributed by atoms with E-state index >= 15 is 0 Å². The average Bonchev–Trinajstić information content (AvgIpc) is 2.27. The molecule has 2 rings (SSSR count). The molecule has 2 aromatic rings. The van der Waals surface area contributed by atoms with Gasteiger partial charge in [0, 0.05) is 6.07 Å². The minimum absolute atomic E-state index is 0.132. The van der Waals surface area contributed by atoms with Gasteiger partial charge >= 0.3 is 0 Å². The Morgan fingerprint density at radius 3 is 2.56 bits per heavy atom. The van der Waals surface area contributed by atoms with Gasteiger partial charge < -0.3 is 10.5 Å². The normalized spacial score (nSPS) is 10.1. The molecule has 1 aromatic carbocycles. The number of anilines is 1. The second kappa shape index (κ2) is 4.55. The van der Waals surface area contributed by atoms with E-state index in [1.807, 2.05) is 6.07 Å². The Hall–Kier alpha value is -1.52. The maximum absolute atomic E-state index is 5.80. The Kier molecular flexibility index (Phi) is 3.12. The van der Waals surface area contributed by atoms with Crippen molar-refractivity contribution < 1.29 is 4.74 Å². The number of ether oxygens (including phenoxy) is 1. The Morgan fingerprint density at radius 2 is 1.81 bits per heavy atom. The third-order valence-corrected chi connectivity index (χ3v) is 2.27. The molecule has 1 aromatic heterocycles. The molecule has 0 aliphatic carbocycles. The molecule has 0 unspecified atom stereocenters. The van der Waals surface area contributed by atoms with Crippen LogP contribution in [0.25, 0.3) is 0 Å². The summed E-state index contributed by atoms with van der Waals surface area (Å²) in [5.41, 5.74) is 6.23. The third-order valence-electron chi connectivity index (χ3n) is 1.83. The zero-order valence-corrected chi connectivity index (χ0v) is 9.53. The van der Waals surface area contributed by atoms with Crippen LogP contribution in [-0.4, -0.2) is 10.2 Å². The fourth-order valence-corrected chi connectivity index (χ4v) is 1.37. The van der Waals surface area contributed by atoms with Crippen LogP contribution in [0.1, 0.15) is 0 Å². The number of nitrogen functional groups attached to an aromatic ring is 1. The Morgan fingerprint density at radius 1 is 1.06 bits per heavy atom. The SMILES string of the molecule is Nc1ccccc1Oc1cc(Cl)nnc1Cl. The van der Waals surface area contributed by atoms with Crippen LogP contribution < -0.4 is 10.5 Å². The minimum atomic E-state index is 0.132. The molecule has 0 atom stereocenters. The maximum Gasteiger partial charge on any atom is 0.194 e.